The van der Waals surface area contributed by atoms with Gasteiger partial charge in [0.05, 0.1) is 5.92 Å². The molecule has 1 aliphatic rings. The van der Waals surface area contributed by atoms with E-state index in [4.69, 9.17) is 5.73 Å². The molecule has 2 N–H and O–H groups in total. The van der Waals surface area contributed by atoms with Gasteiger partial charge in [0.15, 0.2) is 0 Å². The van der Waals surface area contributed by atoms with Crippen molar-refractivity contribution in [3.63, 3.8) is 0 Å². The number of piperazine rings is 1. The molecule has 0 aromatic carbocycles. The van der Waals surface area contributed by atoms with E-state index in [1.807, 2.05) is 11.8 Å². The van der Waals surface area contributed by atoms with Gasteiger partial charge in [0.2, 0.25) is 5.91 Å². The van der Waals surface area contributed by atoms with Crippen LogP contribution >= 0.6 is 0 Å². The average molecular weight is 227 g/mol. The highest BCUT2D eigenvalue weighted by molar-refractivity contribution is 5.79. The molecule has 0 aliphatic carbocycles. The third-order valence-electron chi connectivity index (χ3n) is 3.35. The van der Waals surface area contributed by atoms with Gasteiger partial charge in [-0.1, -0.05) is 13.8 Å². The van der Waals surface area contributed by atoms with Crippen molar-refractivity contribution in [1.82, 2.24) is 9.80 Å². The number of hydrogen-bond acceptors (Lipinski definition) is 3. The largest absolute Gasteiger partial charge is 0.340 e. The summed E-state index contributed by atoms with van der Waals surface area (Å²) in [6.45, 7) is 9.62. The number of hydrogen-bond donors (Lipinski definition) is 1. The van der Waals surface area contributed by atoms with Crippen molar-refractivity contribution in [2.75, 3.05) is 39.3 Å². The highest BCUT2D eigenvalue weighted by Gasteiger charge is 2.25. The maximum Gasteiger partial charge on any atom is 0.227 e. The Morgan fingerprint density at radius 2 is 1.88 bits per heavy atom. The molecule has 0 aromatic rings. The van der Waals surface area contributed by atoms with Crippen LogP contribution in [0.15, 0.2) is 0 Å². The smallest absolute Gasteiger partial charge is 0.227 e. The van der Waals surface area contributed by atoms with E-state index in [1.165, 1.54) is 6.42 Å². The first-order chi connectivity index (χ1) is 7.72. The minimum atomic E-state index is 0.0257. The molecule has 16 heavy (non-hydrogen) atoms. The molecular formula is C12H25N3O. The molecule has 0 spiro atoms. The highest BCUT2D eigenvalue weighted by atomic mass is 16.2. The quantitative estimate of drug-likeness (QED) is 0.745. The van der Waals surface area contributed by atoms with Gasteiger partial charge in [-0.2, -0.15) is 0 Å². The Hall–Kier alpha value is -0.610. The summed E-state index contributed by atoms with van der Waals surface area (Å²) >= 11 is 0. The number of amides is 1. The van der Waals surface area contributed by atoms with Crippen LogP contribution in [0.1, 0.15) is 26.7 Å². The van der Waals surface area contributed by atoms with E-state index < -0.39 is 0 Å². The molecule has 1 fully saturated rings. The zero-order valence-electron chi connectivity index (χ0n) is 10.6. The normalized spacial score (nSPS) is 19.8. The summed E-state index contributed by atoms with van der Waals surface area (Å²) in [4.78, 5) is 16.5. The fourth-order valence-electron chi connectivity index (χ4n) is 2.21. The van der Waals surface area contributed by atoms with Gasteiger partial charge < -0.3 is 10.6 Å². The number of nitrogens with two attached hydrogens (primary N) is 1. The van der Waals surface area contributed by atoms with Crippen LogP contribution in [0.25, 0.3) is 0 Å². The summed E-state index contributed by atoms with van der Waals surface area (Å²) in [5.74, 6) is 0.277. The summed E-state index contributed by atoms with van der Waals surface area (Å²) in [7, 11) is 0. The van der Waals surface area contributed by atoms with E-state index in [-0.39, 0.29) is 11.8 Å². The molecule has 0 radical (unpaired) electrons. The summed E-state index contributed by atoms with van der Waals surface area (Å²) < 4.78 is 0. The zero-order valence-corrected chi connectivity index (χ0v) is 10.6. The van der Waals surface area contributed by atoms with Crippen molar-refractivity contribution in [2.45, 2.75) is 26.7 Å². The Bertz CT molecular complexity index is 208. The number of carbonyl (C=O) groups excluding carboxylic acids is 1. The van der Waals surface area contributed by atoms with E-state index in [2.05, 4.69) is 11.8 Å². The van der Waals surface area contributed by atoms with Gasteiger partial charge in [0.25, 0.3) is 0 Å². The molecule has 0 saturated carbocycles. The Labute approximate surface area is 98.8 Å². The zero-order chi connectivity index (χ0) is 12.0. The molecule has 0 aromatic heterocycles. The number of rotatable bonds is 5. The lowest BCUT2D eigenvalue weighted by Gasteiger charge is -2.36. The highest BCUT2D eigenvalue weighted by Crippen LogP contribution is 2.09. The second-order valence-electron chi connectivity index (χ2n) is 4.51. The van der Waals surface area contributed by atoms with Crippen molar-refractivity contribution in [1.29, 1.82) is 0 Å². The molecule has 94 valence electrons. The second kappa shape index (κ2) is 6.86. The van der Waals surface area contributed by atoms with Crippen molar-refractivity contribution >= 4 is 5.91 Å². The molecule has 4 heteroatoms. The third kappa shape index (κ3) is 3.46. The molecule has 1 heterocycles. The van der Waals surface area contributed by atoms with Crippen LogP contribution in [-0.4, -0.2) is 55.0 Å². The Morgan fingerprint density at radius 3 is 2.31 bits per heavy atom. The van der Waals surface area contributed by atoms with Gasteiger partial charge >= 0.3 is 0 Å². The van der Waals surface area contributed by atoms with E-state index in [0.717, 1.165) is 39.1 Å². The first-order valence-corrected chi connectivity index (χ1v) is 6.44. The van der Waals surface area contributed by atoms with Crippen LogP contribution in [0.5, 0.6) is 0 Å². The lowest BCUT2D eigenvalue weighted by molar-refractivity contribution is -0.137. The van der Waals surface area contributed by atoms with Gasteiger partial charge in [-0.15, -0.1) is 0 Å². The Kier molecular flexibility index (Phi) is 5.77. The van der Waals surface area contributed by atoms with Gasteiger partial charge in [-0.3, -0.25) is 9.69 Å². The van der Waals surface area contributed by atoms with Crippen LogP contribution in [0.3, 0.4) is 0 Å². The minimum Gasteiger partial charge on any atom is -0.340 e. The molecular weight excluding hydrogens is 202 g/mol. The molecule has 1 rings (SSSR count). The lowest BCUT2D eigenvalue weighted by atomic mass is 10.0. The molecule has 1 amide bonds. The Morgan fingerprint density at radius 1 is 1.25 bits per heavy atom. The van der Waals surface area contributed by atoms with Crippen LogP contribution in [0, 0.1) is 5.92 Å². The first kappa shape index (κ1) is 13.5. The number of nitrogens with zero attached hydrogens (tertiary/aromatic N) is 2. The van der Waals surface area contributed by atoms with Gasteiger partial charge in [-0.05, 0) is 19.4 Å². The maximum absolute atomic E-state index is 12.1. The van der Waals surface area contributed by atoms with Crippen LogP contribution in [0.2, 0.25) is 0 Å². The predicted octanol–water partition coefficient (Wildman–Crippen LogP) is 0.526. The maximum atomic E-state index is 12.1. The fourth-order valence-corrected chi connectivity index (χ4v) is 2.21. The van der Waals surface area contributed by atoms with Crippen molar-refractivity contribution in [3.8, 4) is 0 Å². The van der Waals surface area contributed by atoms with Crippen molar-refractivity contribution in [2.24, 2.45) is 11.7 Å². The van der Waals surface area contributed by atoms with E-state index >= 15 is 0 Å². The average Bonchev–Trinajstić information content (AvgIpc) is 2.32. The molecule has 1 saturated heterocycles. The number of carbonyl (C=O) groups is 1. The SMILES string of the molecule is CCCN1CCN(C(=O)C(CC)CN)CC1. The molecule has 1 atom stereocenters. The summed E-state index contributed by atoms with van der Waals surface area (Å²) in [6.07, 6.45) is 2.04. The summed E-state index contributed by atoms with van der Waals surface area (Å²) in [6, 6.07) is 0. The van der Waals surface area contributed by atoms with Crippen molar-refractivity contribution in [3.05, 3.63) is 0 Å². The van der Waals surface area contributed by atoms with Gasteiger partial charge in [0.1, 0.15) is 0 Å². The topological polar surface area (TPSA) is 49.6 Å². The van der Waals surface area contributed by atoms with Gasteiger partial charge in [-0.25, -0.2) is 0 Å². The lowest BCUT2D eigenvalue weighted by Crippen LogP contribution is -2.51. The minimum absolute atomic E-state index is 0.0257. The summed E-state index contributed by atoms with van der Waals surface area (Å²) in [5.41, 5.74) is 5.61. The van der Waals surface area contributed by atoms with Gasteiger partial charge in [0, 0.05) is 32.7 Å². The third-order valence-corrected chi connectivity index (χ3v) is 3.35. The van der Waals surface area contributed by atoms with Crippen molar-refractivity contribution < 1.29 is 4.79 Å². The van der Waals surface area contributed by atoms with Crippen LogP contribution in [0.4, 0.5) is 0 Å². The molecule has 1 aliphatic heterocycles. The summed E-state index contributed by atoms with van der Waals surface area (Å²) in [5, 5.41) is 0. The second-order valence-corrected chi connectivity index (χ2v) is 4.51. The standard InChI is InChI=1S/C12H25N3O/c1-3-5-14-6-8-15(9-7-14)12(16)11(4-2)10-13/h11H,3-10,13H2,1-2H3. The first-order valence-electron chi connectivity index (χ1n) is 6.44. The molecule has 1 unspecified atom stereocenters. The Balaban J connectivity index is 2.38. The van der Waals surface area contributed by atoms with Crippen LogP contribution < -0.4 is 5.73 Å². The van der Waals surface area contributed by atoms with E-state index in [0.29, 0.717) is 6.54 Å². The fraction of sp³-hybridized carbons (Fsp3) is 0.917. The predicted molar refractivity (Wildman–Crippen MR) is 66.1 cm³/mol. The molecule has 0 bridgehead atoms. The van der Waals surface area contributed by atoms with E-state index in [9.17, 15) is 4.79 Å². The monoisotopic (exact) mass is 227 g/mol. The van der Waals surface area contributed by atoms with E-state index in [1.54, 1.807) is 0 Å². The molecule has 4 nitrogen and oxygen atoms in total. The van der Waals surface area contributed by atoms with Crippen LogP contribution in [-0.2, 0) is 4.79 Å².